The third-order valence-electron chi connectivity index (χ3n) is 6.09. The van der Waals surface area contributed by atoms with Crippen LogP contribution >= 0.6 is 0 Å². The molecule has 0 amide bonds. The minimum Gasteiger partial charge on any atom is -0.399 e. The Kier molecular flexibility index (Phi) is 2.91. The molecule has 1 saturated heterocycles. The van der Waals surface area contributed by atoms with Gasteiger partial charge in [0.2, 0.25) is 0 Å². The Labute approximate surface area is 197 Å². The fourth-order valence-corrected chi connectivity index (χ4v) is 3.70. The molecule has 31 heavy (non-hydrogen) atoms. The molecule has 0 unspecified atom stereocenters. The van der Waals surface area contributed by atoms with E-state index in [1.54, 1.807) is 36.4 Å². The summed E-state index contributed by atoms with van der Waals surface area (Å²) in [5.41, 5.74) is -0.403. The van der Waals surface area contributed by atoms with Crippen LogP contribution in [0.5, 0.6) is 0 Å². The first kappa shape index (κ1) is 12.2. The van der Waals surface area contributed by atoms with Gasteiger partial charge in [-0.05, 0) is 66.2 Å². The number of hydrogen-bond acceptors (Lipinski definition) is 2. The van der Waals surface area contributed by atoms with Crippen molar-refractivity contribution in [1.29, 1.82) is 0 Å². The van der Waals surface area contributed by atoms with E-state index in [4.69, 9.17) is 21.6 Å². The second-order valence-corrected chi connectivity index (χ2v) is 8.58. The molecule has 0 aromatic heterocycles. The highest BCUT2D eigenvalue weighted by molar-refractivity contribution is 6.62. The second kappa shape index (κ2) is 7.37. The van der Waals surface area contributed by atoms with Crippen molar-refractivity contribution in [2.75, 3.05) is 0 Å². The van der Waals surface area contributed by atoms with Crippen molar-refractivity contribution in [3.8, 4) is 22.3 Å². The third-order valence-corrected chi connectivity index (χ3v) is 6.09. The lowest BCUT2D eigenvalue weighted by Gasteiger charge is -2.32. The third kappa shape index (κ3) is 3.48. The van der Waals surface area contributed by atoms with E-state index in [1.165, 1.54) is 0 Å². The molecule has 0 radical (unpaired) electrons. The summed E-state index contributed by atoms with van der Waals surface area (Å²) in [7, 11) is -1.08. The van der Waals surface area contributed by atoms with Crippen LogP contribution in [0.4, 0.5) is 0 Å². The van der Waals surface area contributed by atoms with Crippen molar-refractivity contribution in [3.05, 3.63) is 90.8 Å². The van der Waals surface area contributed by atoms with Crippen molar-refractivity contribution in [1.82, 2.24) is 0 Å². The molecule has 1 heterocycles. The molecule has 1 fully saturated rings. The summed E-state index contributed by atoms with van der Waals surface area (Å²) in [5, 5.41) is 1.11. The summed E-state index contributed by atoms with van der Waals surface area (Å²) < 4.78 is 88.4. The molecular weight excluding hydrogens is 379 g/mol. The average Bonchev–Trinajstić information content (AvgIpc) is 3.11. The summed E-state index contributed by atoms with van der Waals surface area (Å²) in [6.45, 7) is 7.42. The largest absolute Gasteiger partial charge is 0.494 e. The first-order chi connectivity index (χ1) is 18.6. The van der Waals surface area contributed by atoms with Gasteiger partial charge in [0, 0.05) is 0 Å². The van der Waals surface area contributed by atoms with Crippen molar-refractivity contribution >= 4 is 23.4 Å². The van der Waals surface area contributed by atoms with Crippen LogP contribution in [0.1, 0.15) is 40.0 Å². The van der Waals surface area contributed by atoms with Crippen molar-refractivity contribution < 1.29 is 21.6 Å². The van der Waals surface area contributed by atoms with Crippen molar-refractivity contribution in [2.45, 2.75) is 38.9 Å². The smallest absolute Gasteiger partial charge is 0.399 e. The number of rotatable bonds is 3. The molecule has 0 bridgehead atoms. The SMILES string of the molecule is [2H]c1c([2H])c([2H])c(-c2cccc3c(-c4c([2H])c([2H])c([2H])c(B5OC(C)(C)C(C)(C)O5)c4[2H])cccc23)c([2H])c1[2H]. The van der Waals surface area contributed by atoms with Crippen LogP contribution in [-0.4, -0.2) is 18.3 Å². The Morgan fingerprint density at radius 3 is 1.84 bits per heavy atom. The lowest BCUT2D eigenvalue weighted by atomic mass is 9.77. The number of fused-ring (bicyclic) bond motifs is 1. The molecule has 5 rings (SSSR count). The van der Waals surface area contributed by atoms with Gasteiger partial charge in [0.05, 0.1) is 23.5 Å². The zero-order chi connectivity index (χ0) is 29.5. The molecule has 154 valence electrons. The zero-order valence-corrected chi connectivity index (χ0v) is 17.9. The molecule has 1 aliphatic rings. The van der Waals surface area contributed by atoms with Gasteiger partial charge in [0.25, 0.3) is 0 Å². The van der Waals surface area contributed by atoms with Gasteiger partial charge < -0.3 is 9.31 Å². The van der Waals surface area contributed by atoms with Crippen molar-refractivity contribution in [3.63, 3.8) is 0 Å². The molecule has 3 heteroatoms. The van der Waals surface area contributed by atoms with Crippen LogP contribution in [0.3, 0.4) is 0 Å². The van der Waals surface area contributed by atoms with E-state index < -0.39 is 36.4 Å². The summed E-state index contributed by atoms with van der Waals surface area (Å²) in [6.07, 6.45) is 0. The van der Waals surface area contributed by atoms with Gasteiger partial charge in [0.15, 0.2) is 0 Å². The van der Waals surface area contributed by atoms with Gasteiger partial charge >= 0.3 is 7.12 Å². The number of hydrogen-bond donors (Lipinski definition) is 0. The first-order valence-electron chi connectivity index (χ1n) is 14.7. The Bertz CT molecular complexity index is 1670. The molecule has 1 aliphatic heterocycles. The van der Waals surface area contributed by atoms with Crippen LogP contribution in [0, 0.1) is 0 Å². The first-order valence-corrected chi connectivity index (χ1v) is 10.2. The summed E-state index contributed by atoms with van der Waals surface area (Å²) >= 11 is 0. The van der Waals surface area contributed by atoms with Gasteiger partial charge in [-0.15, -0.1) is 0 Å². The highest BCUT2D eigenvalue weighted by atomic mass is 16.7. The lowest BCUT2D eigenvalue weighted by Crippen LogP contribution is -2.41. The number of benzene rings is 4. The Balaban J connectivity index is 1.79. The minimum atomic E-state index is -1.08. The Morgan fingerprint density at radius 2 is 1.23 bits per heavy atom. The van der Waals surface area contributed by atoms with Gasteiger partial charge in [0.1, 0.15) is 0 Å². The topological polar surface area (TPSA) is 18.5 Å². The summed E-state index contributed by atoms with van der Waals surface area (Å²) in [5.74, 6) is 0. The highest BCUT2D eigenvalue weighted by Gasteiger charge is 2.51. The normalized spacial score (nSPS) is 21.3. The molecular formula is C28H27BO2. The van der Waals surface area contributed by atoms with E-state index in [2.05, 4.69) is 0 Å². The van der Waals surface area contributed by atoms with Crippen molar-refractivity contribution in [2.24, 2.45) is 0 Å². The predicted octanol–water partition coefficient (Wildman–Crippen LogP) is 6.47. The minimum absolute atomic E-state index is 0.0477. The predicted molar refractivity (Wildman–Crippen MR) is 131 cm³/mol. The standard InChI is InChI=1S/C28H27BO2/c1-27(2)28(3,4)31-29(30-27)22-14-8-13-21(19-22)24-16-10-17-25-23(15-9-18-26(24)25)20-11-6-5-7-12-20/h5-19H,1-4H3/i5D,6D,7D,8D,11D,12D,13D,14D,19D. The Hall–Kier alpha value is -2.88. The quantitative estimate of drug-likeness (QED) is 0.357. The van der Waals surface area contributed by atoms with E-state index in [-0.39, 0.29) is 52.8 Å². The molecule has 0 N–H and O–H groups in total. The van der Waals surface area contributed by atoms with Crippen LogP contribution < -0.4 is 5.46 Å². The van der Waals surface area contributed by atoms with Crippen LogP contribution in [0.25, 0.3) is 33.0 Å². The van der Waals surface area contributed by atoms with Gasteiger partial charge in [-0.2, -0.15) is 0 Å². The van der Waals surface area contributed by atoms with E-state index >= 15 is 0 Å². The molecule has 2 nitrogen and oxygen atoms in total. The summed E-state index contributed by atoms with van der Waals surface area (Å²) in [6, 6.07) is 7.10. The van der Waals surface area contributed by atoms with E-state index in [1.807, 2.05) is 27.7 Å². The maximum atomic E-state index is 9.11. The van der Waals surface area contributed by atoms with Crippen LogP contribution in [0.2, 0.25) is 0 Å². The average molecular weight is 415 g/mol. The molecule has 0 aliphatic carbocycles. The van der Waals surface area contributed by atoms with Gasteiger partial charge in [-0.1, -0.05) is 90.8 Å². The maximum absolute atomic E-state index is 9.11. The highest BCUT2D eigenvalue weighted by Crippen LogP contribution is 2.37. The van der Waals surface area contributed by atoms with E-state index in [0.29, 0.717) is 21.9 Å². The zero-order valence-electron chi connectivity index (χ0n) is 26.9. The molecule has 0 spiro atoms. The lowest BCUT2D eigenvalue weighted by molar-refractivity contribution is 0.00578. The van der Waals surface area contributed by atoms with Gasteiger partial charge in [-0.3, -0.25) is 0 Å². The fourth-order valence-electron chi connectivity index (χ4n) is 3.70. The fraction of sp³-hybridized carbons (Fsp3) is 0.214. The molecule has 0 atom stereocenters. The molecule has 4 aromatic rings. The Morgan fingerprint density at radius 1 is 0.677 bits per heavy atom. The van der Waals surface area contributed by atoms with E-state index in [0.717, 1.165) is 0 Å². The van der Waals surface area contributed by atoms with Crippen LogP contribution in [-0.2, 0) is 9.31 Å². The summed E-state index contributed by atoms with van der Waals surface area (Å²) in [4.78, 5) is 0. The monoisotopic (exact) mass is 415 g/mol. The maximum Gasteiger partial charge on any atom is 0.494 e. The second-order valence-electron chi connectivity index (χ2n) is 8.58. The van der Waals surface area contributed by atoms with Crippen LogP contribution in [0.15, 0.2) is 90.8 Å². The van der Waals surface area contributed by atoms with E-state index in [9.17, 15) is 0 Å². The molecule has 0 saturated carbocycles. The van der Waals surface area contributed by atoms with Gasteiger partial charge in [-0.25, -0.2) is 0 Å². The molecule has 4 aromatic carbocycles.